The molecule has 1 aliphatic heterocycles. The molecule has 90 valence electrons. The fourth-order valence-corrected chi connectivity index (χ4v) is 3.08. The highest BCUT2D eigenvalue weighted by Gasteiger charge is 2.18. The summed E-state index contributed by atoms with van der Waals surface area (Å²) in [6.45, 7) is 0. The van der Waals surface area contributed by atoms with E-state index in [0.717, 1.165) is 27.2 Å². The Kier molecular flexibility index (Phi) is 6.00. The third-order valence-electron chi connectivity index (χ3n) is 1.71. The zero-order valence-electron chi connectivity index (χ0n) is 8.64. The lowest BCUT2D eigenvalue weighted by atomic mass is 10.6. The van der Waals surface area contributed by atoms with Crippen molar-refractivity contribution in [3.8, 4) is 0 Å². The van der Waals surface area contributed by atoms with Crippen LogP contribution in [0.25, 0.3) is 0 Å². The number of rotatable bonds is 2. The Morgan fingerprint density at radius 3 is 2.88 bits per heavy atom. The van der Waals surface area contributed by atoms with E-state index in [1.165, 1.54) is 7.05 Å². The van der Waals surface area contributed by atoms with Gasteiger partial charge in [-0.05, 0) is 0 Å². The zero-order chi connectivity index (χ0) is 12.0. The number of alkyl halides is 1. The normalized spacial score (nSPS) is 18.2. The monoisotopic (exact) mass is 282 g/mol. The number of hydrogen-bond donors (Lipinski definition) is 0. The zero-order valence-corrected chi connectivity index (χ0v) is 11.0. The van der Waals surface area contributed by atoms with Crippen LogP contribution < -0.4 is 0 Å². The molecule has 1 saturated heterocycles. The quantitative estimate of drug-likeness (QED) is 0.437. The molecule has 0 radical (unpaired) electrons. The second kappa shape index (κ2) is 7.03. The molecule has 0 spiro atoms. The van der Waals surface area contributed by atoms with Gasteiger partial charge in [0.25, 0.3) is 0 Å². The van der Waals surface area contributed by atoms with Crippen molar-refractivity contribution in [2.24, 2.45) is 5.16 Å². The number of carbonyl (C=O) groups is 2. The standard InChI is InChI=1S/C8H11ClN2O3S2/c1-11(7(12)4-9)8(13)14-10-6-5-15-2-3-16-6/h2-5H2,1H3. The highest BCUT2D eigenvalue weighted by atomic mass is 35.5. The van der Waals surface area contributed by atoms with Crippen LogP contribution in [-0.2, 0) is 9.63 Å². The minimum Gasteiger partial charge on any atom is -0.297 e. The number of oxime groups is 1. The van der Waals surface area contributed by atoms with E-state index in [2.05, 4.69) is 9.99 Å². The van der Waals surface area contributed by atoms with Crippen molar-refractivity contribution in [1.82, 2.24) is 4.90 Å². The van der Waals surface area contributed by atoms with Crippen LogP contribution in [0, 0.1) is 0 Å². The summed E-state index contributed by atoms with van der Waals surface area (Å²) in [7, 11) is 1.30. The average molecular weight is 283 g/mol. The maximum atomic E-state index is 11.3. The number of carbonyl (C=O) groups excluding carboxylic acids is 2. The van der Waals surface area contributed by atoms with Crippen LogP contribution in [0.3, 0.4) is 0 Å². The van der Waals surface area contributed by atoms with Crippen molar-refractivity contribution in [1.29, 1.82) is 0 Å². The molecule has 0 aromatic rings. The first kappa shape index (κ1) is 13.7. The molecule has 8 heteroatoms. The molecule has 0 saturated carbocycles. The van der Waals surface area contributed by atoms with E-state index >= 15 is 0 Å². The van der Waals surface area contributed by atoms with E-state index in [4.69, 9.17) is 11.6 Å². The molecule has 1 fully saturated rings. The molecule has 0 unspecified atom stereocenters. The maximum absolute atomic E-state index is 11.3. The topological polar surface area (TPSA) is 59.0 Å². The average Bonchev–Trinajstić information content (AvgIpc) is 2.35. The van der Waals surface area contributed by atoms with Gasteiger partial charge in [-0.15, -0.1) is 23.4 Å². The van der Waals surface area contributed by atoms with Crippen molar-refractivity contribution in [2.45, 2.75) is 0 Å². The Morgan fingerprint density at radius 2 is 2.31 bits per heavy atom. The molecule has 1 heterocycles. The summed E-state index contributed by atoms with van der Waals surface area (Å²) in [4.78, 5) is 27.8. The van der Waals surface area contributed by atoms with Gasteiger partial charge in [0, 0.05) is 24.3 Å². The van der Waals surface area contributed by atoms with Gasteiger partial charge in [0.15, 0.2) is 0 Å². The van der Waals surface area contributed by atoms with Crippen molar-refractivity contribution in [3.63, 3.8) is 0 Å². The first-order valence-corrected chi connectivity index (χ1v) is 7.13. The molecular formula is C8H11ClN2O3S2. The van der Waals surface area contributed by atoms with Gasteiger partial charge < -0.3 is 0 Å². The van der Waals surface area contributed by atoms with Crippen LogP contribution >= 0.6 is 35.1 Å². The van der Waals surface area contributed by atoms with E-state index in [0.29, 0.717) is 0 Å². The summed E-state index contributed by atoms with van der Waals surface area (Å²) in [6.07, 6.45) is -0.811. The lowest BCUT2D eigenvalue weighted by Crippen LogP contribution is -2.33. The van der Waals surface area contributed by atoms with Gasteiger partial charge in [-0.2, -0.15) is 11.8 Å². The molecule has 0 aromatic heterocycles. The highest BCUT2D eigenvalue weighted by molar-refractivity contribution is 8.18. The third kappa shape index (κ3) is 4.23. The molecule has 1 aliphatic rings. The lowest BCUT2D eigenvalue weighted by Gasteiger charge is -2.13. The maximum Gasteiger partial charge on any atom is 0.442 e. The van der Waals surface area contributed by atoms with Gasteiger partial charge in [0.05, 0.1) is 0 Å². The Morgan fingerprint density at radius 1 is 1.56 bits per heavy atom. The number of amides is 2. The van der Waals surface area contributed by atoms with E-state index < -0.39 is 12.0 Å². The van der Waals surface area contributed by atoms with Gasteiger partial charge in [-0.1, -0.05) is 5.16 Å². The van der Waals surface area contributed by atoms with E-state index in [1.807, 2.05) is 0 Å². The Hall–Kier alpha value is -0.400. The van der Waals surface area contributed by atoms with Crippen molar-refractivity contribution < 1.29 is 14.4 Å². The van der Waals surface area contributed by atoms with Gasteiger partial charge in [0.1, 0.15) is 10.9 Å². The van der Waals surface area contributed by atoms with Crippen LogP contribution in [0.2, 0.25) is 0 Å². The Bertz CT molecular complexity index is 304. The van der Waals surface area contributed by atoms with Crippen molar-refractivity contribution in [3.05, 3.63) is 0 Å². The molecule has 0 N–H and O–H groups in total. The number of thioether (sulfide) groups is 2. The minimum atomic E-state index is -0.811. The Balaban J connectivity index is 2.41. The molecular weight excluding hydrogens is 272 g/mol. The number of hydrogen-bond acceptors (Lipinski definition) is 6. The fourth-order valence-electron chi connectivity index (χ4n) is 0.815. The minimum absolute atomic E-state index is 0.257. The van der Waals surface area contributed by atoms with E-state index in [-0.39, 0.29) is 5.88 Å². The molecule has 0 aliphatic carbocycles. The molecule has 0 bridgehead atoms. The molecule has 0 aromatic carbocycles. The van der Waals surface area contributed by atoms with Crippen LogP contribution in [0.1, 0.15) is 0 Å². The summed E-state index contributed by atoms with van der Waals surface area (Å²) in [5, 5.41) is 4.45. The van der Waals surface area contributed by atoms with E-state index in [9.17, 15) is 9.59 Å². The summed E-state index contributed by atoms with van der Waals surface area (Å²) < 4.78 is 0. The second-order valence-corrected chi connectivity index (χ2v) is 5.37. The fraction of sp³-hybridized carbons (Fsp3) is 0.625. The van der Waals surface area contributed by atoms with Crippen molar-refractivity contribution in [2.75, 3.05) is 30.2 Å². The van der Waals surface area contributed by atoms with E-state index in [1.54, 1.807) is 23.5 Å². The summed E-state index contributed by atoms with van der Waals surface area (Å²) in [5.41, 5.74) is 0. The largest absolute Gasteiger partial charge is 0.442 e. The first-order valence-electron chi connectivity index (χ1n) is 4.46. The molecule has 16 heavy (non-hydrogen) atoms. The van der Waals surface area contributed by atoms with Crippen LogP contribution in [-0.4, -0.2) is 52.1 Å². The SMILES string of the molecule is CN(C(=O)CCl)C(=O)ON=C1CSCCS1. The third-order valence-corrected chi connectivity index (χ3v) is 4.31. The predicted octanol–water partition coefficient (Wildman–Crippen LogP) is 1.61. The predicted molar refractivity (Wildman–Crippen MR) is 67.2 cm³/mol. The number of imide groups is 1. The molecule has 0 atom stereocenters. The van der Waals surface area contributed by atoms with Gasteiger partial charge in [0.2, 0.25) is 5.91 Å². The Labute approximate surface area is 107 Å². The first-order chi connectivity index (χ1) is 7.65. The van der Waals surface area contributed by atoms with Gasteiger partial charge in [-0.25, -0.2) is 9.69 Å². The van der Waals surface area contributed by atoms with Crippen molar-refractivity contribution >= 4 is 52.2 Å². The van der Waals surface area contributed by atoms with Gasteiger partial charge >= 0.3 is 6.09 Å². The number of halogens is 1. The van der Waals surface area contributed by atoms with Crippen LogP contribution in [0.5, 0.6) is 0 Å². The van der Waals surface area contributed by atoms with Crippen LogP contribution in [0.4, 0.5) is 4.79 Å². The second-order valence-electron chi connectivity index (χ2n) is 2.83. The van der Waals surface area contributed by atoms with Crippen LogP contribution in [0.15, 0.2) is 5.16 Å². The number of nitrogens with zero attached hydrogens (tertiary/aromatic N) is 2. The molecule has 2 amide bonds. The highest BCUT2D eigenvalue weighted by Crippen LogP contribution is 2.19. The lowest BCUT2D eigenvalue weighted by molar-refractivity contribution is -0.125. The van der Waals surface area contributed by atoms with Gasteiger partial charge in [-0.3, -0.25) is 9.63 Å². The molecule has 1 rings (SSSR count). The summed E-state index contributed by atoms with van der Waals surface area (Å²) >= 11 is 8.58. The summed E-state index contributed by atoms with van der Waals surface area (Å²) in [6, 6.07) is 0. The smallest absolute Gasteiger partial charge is 0.297 e. The summed E-state index contributed by atoms with van der Waals surface area (Å²) in [5.74, 6) is 2.00. The molecule has 5 nitrogen and oxygen atoms in total.